The van der Waals surface area contributed by atoms with Crippen molar-refractivity contribution < 1.29 is 9.59 Å². The van der Waals surface area contributed by atoms with Crippen LogP contribution in [-0.2, 0) is 0 Å². The van der Waals surface area contributed by atoms with E-state index in [-0.39, 0.29) is 17.4 Å². The van der Waals surface area contributed by atoms with Gasteiger partial charge in [0.15, 0.2) is 10.9 Å². The first-order valence-corrected chi connectivity index (χ1v) is 8.61. The Labute approximate surface area is 149 Å². The lowest BCUT2D eigenvalue weighted by molar-refractivity contribution is 0.0942. The number of rotatable bonds is 6. The zero-order valence-electron chi connectivity index (χ0n) is 13.3. The third-order valence-corrected chi connectivity index (χ3v) is 4.31. The number of hydrogen-bond acceptors (Lipinski definition) is 5. The average molecular weight is 349 g/mol. The molecule has 0 fully saturated rings. The summed E-state index contributed by atoms with van der Waals surface area (Å²) in [6, 6.07) is 18.5. The summed E-state index contributed by atoms with van der Waals surface area (Å²) in [5, 5.41) is 4.35. The molecule has 124 valence electrons. The number of thioether (sulfide) groups is 1. The number of carbonyl (C=O) groups excluding carboxylic acids is 2. The van der Waals surface area contributed by atoms with Gasteiger partial charge >= 0.3 is 0 Å². The van der Waals surface area contributed by atoms with Crippen molar-refractivity contribution in [3.63, 3.8) is 0 Å². The first-order chi connectivity index (χ1) is 12.2. The van der Waals surface area contributed by atoms with Crippen molar-refractivity contribution in [1.29, 1.82) is 0 Å². The summed E-state index contributed by atoms with van der Waals surface area (Å²) in [6.45, 7) is 0. The molecule has 5 nitrogen and oxygen atoms in total. The highest BCUT2D eigenvalue weighted by molar-refractivity contribution is 7.99. The quantitative estimate of drug-likeness (QED) is 0.386. The average Bonchev–Trinajstić information content (AvgIpc) is 3.14. The van der Waals surface area contributed by atoms with E-state index in [1.165, 1.54) is 28.8 Å². The second-order valence-corrected chi connectivity index (χ2v) is 6.06. The van der Waals surface area contributed by atoms with Crippen LogP contribution in [0.1, 0.15) is 20.7 Å². The summed E-state index contributed by atoms with van der Waals surface area (Å²) in [5.74, 6) is -0.137. The maximum atomic E-state index is 12.3. The van der Waals surface area contributed by atoms with Crippen molar-refractivity contribution in [2.75, 3.05) is 5.75 Å². The molecule has 0 spiro atoms. The smallest absolute Gasteiger partial charge is 0.273 e. The Morgan fingerprint density at radius 1 is 1.00 bits per heavy atom. The lowest BCUT2D eigenvalue weighted by atomic mass is 10.2. The van der Waals surface area contributed by atoms with Gasteiger partial charge in [-0.2, -0.15) is 9.78 Å². The zero-order valence-corrected chi connectivity index (χ0v) is 14.1. The number of hydrogen-bond donors (Lipinski definition) is 0. The minimum absolute atomic E-state index is 0.0209. The van der Waals surface area contributed by atoms with Gasteiger partial charge in [0, 0.05) is 11.6 Å². The number of benzene rings is 2. The van der Waals surface area contributed by atoms with Crippen LogP contribution in [-0.4, -0.2) is 32.2 Å². The predicted octanol–water partition coefficient (Wildman–Crippen LogP) is 3.61. The third-order valence-electron chi connectivity index (χ3n) is 3.37. The Morgan fingerprint density at radius 3 is 2.40 bits per heavy atom. The molecule has 0 saturated heterocycles. The van der Waals surface area contributed by atoms with Gasteiger partial charge in [0.1, 0.15) is 6.33 Å². The SMILES string of the molecule is O=C(CSc1ncnn1C(=O)/C=C/c1ccccc1)c1ccccc1. The predicted molar refractivity (Wildman–Crippen MR) is 97.6 cm³/mol. The third kappa shape index (κ3) is 4.51. The van der Waals surface area contributed by atoms with E-state index >= 15 is 0 Å². The largest absolute Gasteiger partial charge is 0.293 e. The molecule has 0 unspecified atom stereocenters. The van der Waals surface area contributed by atoms with Crippen molar-refractivity contribution in [3.8, 4) is 0 Å². The van der Waals surface area contributed by atoms with Crippen LogP contribution >= 0.6 is 11.8 Å². The van der Waals surface area contributed by atoms with Crippen LogP contribution in [0.2, 0.25) is 0 Å². The summed E-state index contributed by atoms with van der Waals surface area (Å²) in [4.78, 5) is 28.5. The van der Waals surface area contributed by atoms with Crippen molar-refractivity contribution >= 4 is 29.5 Å². The molecule has 1 aromatic heterocycles. The van der Waals surface area contributed by atoms with Gasteiger partial charge in [0.25, 0.3) is 5.91 Å². The van der Waals surface area contributed by atoms with Crippen molar-refractivity contribution in [2.45, 2.75) is 5.16 Å². The summed E-state index contributed by atoms with van der Waals surface area (Å²) in [7, 11) is 0. The molecule has 0 saturated carbocycles. The lowest BCUT2D eigenvalue weighted by Gasteiger charge is -2.02. The van der Waals surface area contributed by atoms with E-state index in [9.17, 15) is 9.59 Å². The van der Waals surface area contributed by atoms with Crippen molar-refractivity contribution in [3.05, 3.63) is 84.2 Å². The van der Waals surface area contributed by atoms with E-state index < -0.39 is 0 Å². The molecule has 3 aromatic rings. The highest BCUT2D eigenvalue weighted by Gasteiger charge is 2.13. The highest BCUT2D eigenvalue weighted by atomic mass is 32.2. The van der Waals surface area contributed by atoms with Gasteiger partial charge in [-0.15, -0.1) is 0 Å². The number of Topliss-reactive ketones (excluding diaryl/α,β-unsaturated/α-hetero) is 1. The summed E-state index contributed by atoms with van der Waals surface area (Å²) < 4.78 is 1.20. The molecule has 0 atom stereocenters. The molecule has 3 rings (SSSR count). The molecule has 1 heterocycles. The van der Waals surface area contributed by atoms with Crippen molar-refractivity contribution in [2.24, 2.45) is 0 Å². The first-order valence-electron chi connectivity index (χ1n) is 7.62. The molecule has 0 bridgehead atoms. The van der Waals surface area contributed by atoms with Crippen LogP contribution in [0.5, 0.6) is 0 Å². The fourth-order valence-electron chi connectivity index (χ4n) is 2.12. The number of allylic oxidation sites excluding steroid dienone is 1. The van der Waals surface area contributed by atoms with Gasteiger partial charge in [-0.1, -0.05) is 72.4 Å². The Kier molecular flexibility index (Phi) is 5.53. The maximum absolute atomic E-state index is 12.3. The molecular weight excluding hydrogens is 334 g/mol. The van der Waals surface area contributed by atoms with Gasteiger partial charge < -0.3 is 0 Å². The Bertz CT molecular complexity index is 889. The Balaban J connectivity index is 1.65. The summed E-state index contributed by atoms with van der Waals surface area (Å²) in [6.07, 6.45) is 4.46. The molecule has 0 radical (unpaired) electrons. The summed E-state index contributed by atoms with van der Waals surface area (Å²) >= 11 is 1.19. The fraction of sp³-hybridized carbons (Fsp3) is 0.0526. The van der Waals surface area contributed by atoms with E-state index in [0.717, 1.165) is 5.56 Å². The van der Waals surface area contributed by atoms with E-state index in [0.29, 0.717) is 10.7 Å². The second-order valence-electron chi connectivity index (χ2n) is 5.11. The molecule has 0 amide bonds. The lowest BCUT2D eigenvalue weighted by Crippen LogP contribution is -2.12. The van der Waals surface area contributed by atoms with Crippen LogP contribution in [0.15, 0.2) is 78.2 Å². The van der Waals surface area contributed by atoms with Gasteiger partial charge in [-0.05, 0) is 11.6 Å². The topological polar surface area (TPSA) is 64.8 Å². The zero-order chi connectivity index (χ0) is 17.5. The minimum atomic E-state index is -0.309. The highest BCUT2D eigenvalue weighted by Crippen LogP contribution is 2.16. The minimum Gasteiger partial charge on any atom is -0.293 e. The molecule has 0 aliphatic rings. The standard InChI is InChI=1S/C19H15N3O2S/c23-17(16-9-5-2-6-10-16)13-25-19-20-14-21-22(19)18(24)12-11-15-7-3-1-4-8-15/h1-12,14H,13H2/b12-11+. The Morgan fingerprint density at radius 2 is 1.68 bits per heavy atom. The van der Waals surface area contributed by atoms with E-state index in [4.69, 9.17) is 0 Å². The van der Waals surface area contributed by atoms with Crippen LogP contribution < -0.4 is 0 Å². The number of ketones is 1. The normalized spacial score (nSPS) is 10.9. The number of nitrogens with zero attached hydrogens (tertiary/aromatic N) is 3. The molecule has 25 heavy (non-hydrogen) atoms. The monoisotopic (exact) mass is 349 g/mol. The molecule has 0 aliphatic heterocycles. The fourth-order valence-corrected chi connectivity index (χ4v) is 2.93. The van der Waals surface area contributed by atoms with Gasteiger partial charge in [0.05, 0.1) is 5.75 Å². The van der Waals surface area contributed by atoms with E-state index in [1.807, 2.05) is 48.5 Å². The van der Waals surface area contributed by atoms with E-state index in [1.54, 1.807) is 18.2 Å². The van der Waals surface area contributed by atoms with Gasteiger partial charge in [-0.3, -0.25) is 9.59 Å². The van der Waals surface area contributed by atoms with Crippen LogP contribution in [0.3, 0.4) is 0 Å². The summed E-state index contributed by atoms with van der Waals surface area (Å²) in [5.41, 5.74) is 1.56. The number of aromatic nitrogens is 3. The molecule has 0 aliphatic carbocycles. The maximum Gasteiger partial charge on any atom is 0.273 e. The van der Waals surface area contributed by atoms with Gasteiger partial charge in [-0.25, -0.2) is 4.98 Å². The molecule has 6 heteroatoms. The first kappa shape index (κ1) is 16.9. The van der Waals surface area contributed by atoms with Crippen molar-refractivity contribution in [1.82, 2.24) is 14.8 Å². The van der Waals surface area contributed by atoms with Gasteiger partial charge in [0.2, 0.25) is 0 Å². The molecule has 0 N–H and O–H groups in total. The van der Waals surface area contributed by atoms with Crippen LogP contribution in [0, 0.1) is 0 Å². The van der Waals surface area contributed by atoms with Crippen LogP contribution in [0.25, 0.3) is 6.08 Å². The molecule has 2 aromatic carbocycles. The van der Waals surface area contributed by atoms with E-state index in [2.05, 4.69) is 10.1 Å². The number of carbonyl (C=O) groups is 2. The Hall–Kier alpha value is -2.99. The second kappa shape index (κ2) is 8.21. The molecular formula is C19H15N3O2S. The van der Waals surface area contributed by atoms with Crippen LogP contribution in [0.4, 0.5) is 0 Å².